The summed E-state index contributed by atoms with van der Waals surface area (Å²) in [6.45, 7) is 13.2. The maximum Gasteiger partial charge on any atom is 0.257 e. The van der Waals surface area contributed by atoms with Crippen molar-refractivity contribution in [3.8, 4) is 17.0 Å². The summed E-state index contributed by atoms with van der Waals surface area (Å²) in [6, 6.07) is 10.4. The van der Waals surface area contributed by atoms with Crippen molar-refractivity contribution in [1.82, 2.24) is 35.7 Å². The largest absolute Gasteiger partial charge is 0.480 e. The lowest BCUT2D eigenvalue weighted by molar-refractivity contribution is -0.134. The highest BCUT2D eigenvalue weighted by atomic mass is 32.1. The van der Waals surface area contributed by atoms with Crippen molar-refractivity contribution >= 4 is 39.9 Å². The molecule has 4 aromatic rings. The van der Waals surface area contributed by atoms with Gasteiger partial charge in [0.15, 0.2) is 23.3 Å². The Morgan fingerprint density at radius 2 is 1.60 bits per heavy atom. The Hall–Kier alpha value is -5.22. The van der Waals surface area contributed by atoms with Gasteiger partial charge in [-0.1, -0.05) is 64.5 Å². The third kappa shape index (κ3) is 14.8. The molecule has 2 aromatic heterocycles. The summed E-state index contributed by atoms with van der Waals surface area (Å²) in [6.07, 6.45) is 8.25. The van der Waals surface area contributed by atoms with Gasteiger partial charge in [0.2, 0.25) is 17.6 Å². The van der Waals surface area contributed by atoms with Crippen molar-refractivity contribution in [2.75, 3.05) is 108 Å². The molecule has 4 aliphatic rings. The van der Waals surface area contributed by atoms with Crippen LogP contribution < -0.4 is 30.5 Å². The Morgan fingerprint density at radius 1 is 0.893 bits per heavy atom. The van der Waals surface area contributed by atoms with Gasteiger partial charge in [-0.15, -0.1) is 11.3 Å². The van der Waals surface area contributed by atoms with Crippen LogP contribution in [0.3, 0.4) is 0 Å². The molecule has 0 radical (unpaired) electrons. The van der Waals surface area contributed by atoms with E-state index in [9.17, 15) is 32.7 Å². The minimum atomic E-state index is -1.16. The van der Waals surface area contributed by atoms with Crippen molar-refractivity contribution < 1.29 is 46.9 Å². The van der Waals surface area contributed by atoms with Gasteiger partial charge in [-0.05, 0) is 67.6 Å². The van der Waals surface area contributed by atoms with Gasteiger partial charge in [0.1, 0.15) is 11.9 Å². The number of aromatic nitrogens is 2. The first-order valence-electron chi connectivity index (χ1n) is 26.7. The predicted molar refractivity (Wildman–Crippen MR) is 283 cm³/mol. The number of carbonyl (C=O) groups excluding carboxylic acids is 3. The molecule has 75 heavy (non-hydrogen) atoms. The molecule has 3 saturated heterocycles. The number of morpholine rings is 2. The Kier molecular flexibility index (Phi) is 19.9. The molecule has 6 heterocycles. The number of carbonyl (C=O) groups is 3. The number of amides is 3. The Balaban J connectivity index is 0.718. The smallest absolute Gasteiger partial charge is 0.257 e. The first-order chi connectivity index (χ1) is 36.3. The lowest BCUT2D eigenvalue weighted by Crippen LogP contribution is -2.63. The molecule has 20 heteroatoms. The van der Waals surface area contributed by atoms with Crippen molar-refractivity contribution in [3.05, 3.63) is 87.8 Å². The number of benzene rings is 2. The zero-order chi connectivity index (χ0) is 52.9. The van der Waals surface area contributed by atoms with Gasteiger partial charge in [0, 0.05) is 87.3 Å². The number of fused-ring (bicyclic) bond motifs is 1. The number of aliphatic hydroxyl groups is 1. The van der Waals surface area contributed by atoms with Crippen LogP contribution in [0.5, 0.6) is 5.75 Å². The third-order valence-corrected chi connectivity index (χ3v) is 15.5. The quantitative estimate of drug-likeness (QED) is 0.0607. The number of aliphatic hydroxyl groups excluding tert-OH is 1. The Morgan fingerprint density at radius 3 is 2.33 bits per heavy atom. The first kappa shape index (κ1) is 56.0. The van der Waals surface area contributed by atoms with Gasteiger partial charge >= 0.3 is 0 Å². The van der Waals surface area contributed by atoms with E-state index in [1.54, 1.807) is 17.5 Å². The lowest BCUT2D eigenvalue weighted by atomic mass is 9.90. The minimum absolute atomic E-state index is 0.0180. The summed E-state index contributed by atoms with van der Waals surface area (Å²) >= 11 is 1.40. The van der Waals surface area contributed by atoms with Crippen LogP contribution >= 0.6 is 11.3 Å². The van der Waals surface area contributed by atoms with Gasteiger partial charge in [-0.25, -0.2) is 13.8 Å². The van der Waals surface area contributed by atoms with Crippen LogP contribution in [-0.2, 0) is 42.3 Å². The highest BCUT2D eigenvalue weighted by molar-refractivity contribution is 7.14. The molecule has 0 bridgehead atoms. The van der Waals surface area contributed by atoms with Crippen LogP contribution in [0.15, 0.2) is 47.8 Å². The van der Waals surface area contributed by atoms with E-state index in [0.717, 1.165) is 85.1 Å². The fraction of sp³-hybridized carbons (Fsp3) is 0.582. The molecule has 3 fully saturated rings. The molecule has 16 nitrogen and oxygen atoms in total. The second-order valence-electron chi connectivity index (χ2n) is 20.9. The van der Waals surface area contributed by atoms with Crippen LogP contribution in [0.25, 0.3) is 11.3 Å². The molecule has 0 unspecified atom stereocenters. The normalized spacial score (nSPS) is 20.0. The lowest BCUT2D eigenvalue weighted by Gasteiger charge is -2.44. The molecule has 4 aliphatic heterocycles. The molecule has 0 spiro atoms. The van der Waals surface area contributed by atoms with Gasteiger partial charge in [-0.3, -0.25) is 29.2 Å². The number of halogens is 3. The van der Waals surface area contributed by atoms with Crippen LogP contribution in [0, 0.1) is 17.5 Å². The topological polar surface area (TPSA) is 174 Å². The minimum Gasteiger partial charge on any atom is -0.480 e. The number of hydrogen-bond donors (Lipinski definition) is 4. The number of hydrogen-bond acceptors (Lipinski definition) is 14. The zero-order valence-electron chi connectivity index (χ0n) is 43.7. The highest BCUT2D eigenvalue weighted by Gasteiger charge is 2.42. The summed E-state index contributed by atoms with van der Waals surface area (Å²) in [7, 11) is 0. The van der Waals surface area contributed by atoms with Gasteiger partial charge in [-0.2, -0.15) is 4.39 Å². The fourth-order valence-corrected chi connectivity index (χ4v) is 11.3. The number of rotatable bonds is 24. The van der Waals surface area contributed by atoms with Gasteiger partial charge in [0.25, 0.3) is 5.91 Å². The average Bonchev–Trinajstić information content (AvgIpc) is 4.00. The van der Waals surface area contributed by atoms with E-state index in [1.807, 2.05) is 11.0 Å². The summed E-state index contributed by atoms with van der Waals surface area (Å²) < 4.78 is 59.7. The molecule has 0 aliphatic carbocycles. The molecular weight excluding hydrogens is 988 g/mol. The monoisotopic (exact) mass is 1060 g/mol. The van der Waals surface area contributed by atoms with E-state index >= 15 is 0 Å². The van der Waals surface area contributed by atoms with E-state index in [0.29, 0.717) is 103 Å². The predicted octanol–water partition coefficient (Wildman–Crippen LogP) is 5.96. The fourth-order valence-electron chi connectivity index (χ4n) is 10.4. The molecular formula is C55H74F3N9O7S. The van der Waals surface area contributed by atoms with Crippen molar-refractivity contribution in [2.24, 2.45) is 0 Å². The second kappa shape index (κ2) is 26.7. The summed E-state index contributed by atoms with van der Waals surface area (Å²) in [5.74, 6) is -3.36. The van der Waals surface area contributed by atoms with Crippen molar-refractivity contribution in [3.63, 3.8) is 0 Å². The van der Waals surface area contributed by atoms with Crippen molar-refractivity contribution in [2.45, 2.75) is 109 Å². The molecule has 3 atom stereocenters. The maximum absolute atomic E-state index is 14.9. The second-order valence-corrected chi connectivity index (χ2v) is 21.7. The molecule has 408 valence electrons. The number of nitrogens with one attached hydrogen (secondary N) is 3. The standard InChI is InChI=1S/C55H74F3N9O7S/c1-37-29-66(31-49(70)67-36-55(2,3)52-46(67)27-39(44(32-68)62-52)26-38-12-14-40(56)15-13-38)41(28-61-37)30-65-22-25-73-33-47(65)53(71)60-19-11-9-7-5-4-6-8-10-18-59-48(69)34-74-51-42(16-17-43(57)50(51)58)45-35-75-54(63-45)64-20-23-72-24-21-64/h12-17,27,35,37,41,47,61,68H,4-11,18-26,28-34,36H2,1-3H3,(H,59,69)(H,60,71)/t37-,41-,47+/m1/s1. The molecule has 0 saturated carbocycles. The van der Waals surface area contributed by atoms with Crippen LogP contribution in [0.2, 0.25) is 0 Å². The van der Waals surface area contributed by atoms with E-state index in [-0.39, 0.29) is 54.2 Å². The molecule has 4 N–H and O–H groups in total. The van der Waals surface area contributed by atoms with Gasteiger partial charge in [0.05, 0.1) is 62.3 Å². The van der Waals surface area contributed by atoms with E-state index in [2.05, 4.69) is 56.4 Å². The highest BCUT2D eigenvalue weighted by Crippen LogP contribution is 2.41. The number of piperazine rings is 1. The van der Waals surface area contributed by atoms with Crippen LogP contribution in [-0.4, -0.2) is 159 Å². The summed E-state index contributed by atoms with van der Waals surface area (Å²) in [5, 5.41) is 22.4. The van der Waals surface area contributed by atoms with Crippen molar-refractivity contribution in [1.29, 1.82) is 0 Å². The molecule has 3 amide bonds. The summed E-state index contributed by atoms with van der Waals surface area (Å²) in [4.78, 5) is 58.5. The number of thiazole rings is 1. The third-order valence-electron chi connectivity index (χ3n) is 14.6. The van der Waals surface area contributed by atoms with E-state index in [4.69, 9.17) is 19.2 Å². The zero-order valence-corrected chi connectivity index (χ0v) is 44.5. The number of unbranched alkanes of at least 4 members (excludes halogenated alkanes) is 7. The Labute approximate surface area is 442 Å². The number of ether oxygens (including phenoxy) is 3. The molecule has 8 rings (SSSR count). The SMILES string of the molecule is C[C@@H]1CN(CC(=O)N2CC(C)(C)c3nc(CO)c(Cc4ccc(F)cc4)cc32)[C@@H](CN2CCOC[C@H]2C(=O)NCCCCCCCCCCNC(=O)COc2c(-c3csc(N4CCOCC4)n3)ccc(F)c2F)CN1. The van der Waals surface area contributed by atoms with Crippen LogP contribution in [0.1, 0.15) is 94.7 Å². The molecule has 2 aromatic carbocycles. The summed E-state index contributed by atoms with van der Waals surface area (Å²) in [5.41, 5.74) is 4.06. The number of nitrogens with zero attached hydrogens (tertiary/aromatic N) is 6. The van der Waals surface area contributed by atoms with E-state index in [1.165, 1.54) is 29.5 Å². The van der Waals surface area contributed by atoms with Crippen LogP contribution in [0.4, 0.5) is 24.0 Å². The maximum atomic E-state index is 14.9. The first-order valence-corrected chi connectivity index (χ1v) is 27.6. The number of anilines is 2. The van der Waals surface area contributed by atoms with E-state index < -0.39 is 35.6 Å². The van der Waals surface area contributed by atoms with Gasteiger partial charge < -0.3 is 45.1 Å². The number of pyridine rings is 1. The Bertz CT molecular complexity index is 2550. The average molecular weight is 1060 g/mol.